The Morgan fingerprint density at radius 2 is 2.04 bits per heavy atom. The second kappa shape index (κ2) is 9.93. The Morgan fingerprint density at radius 1 is 1.23 bits per heavy atom. The molecule has 148 valence electrons. The fraction of sp³-hybridized carbons (Fsp3) is 0.850. The van der Waals surface area contributed by atoms with Gasteiger partial charge in [0.25, 0.3) is 0 Å². The highest BCUT2D eigenvalue weighted by Gasteiger charge is 2.15. The highest BCUT2D eigenvalue weighted by molar-refractivity contribution is 5.79. The van der Waals surface area contributed by atoms with Gasteiger partial charge in [0.15, 0.2) is 5.96 Å². The van der Waals surface area contributed by atoms with Crippen molar-refractivity contribution in [2.75, 3.05) is 13.6 Å². The molecule has 0 saturated heterocycles. The Bertz CT molecular complexity index is 569. The molecule has 1 aliphatic rings. The van der Waals surface area contributed by atoms with Gasteiger partial charge in [-0.3, -0.25) is 4.99 Å². The average Bonchev–Trinajstić information content (AvgIpc) is 2.81. The number of rotatable bonds is 7. The Labute approximate surface area is 159 Å². The summed E-state index contributed by atoms with van der Waals surface area (Å²) in [6.45, 7) is 11.1. The largest absolute Gasteiger partial charge is 0.356 e. The summed E-state index contributed by atoms with van der Waals surface area (Å²) in [5, 5.41) is 15.7. The number of hydrogen-bond donors (Lipinski definition) is 2. The van der Waals surface area contributed by atoms with Gasteiger partial charge >= 0.3 is 0 Å². The topological polar surface area (TPSA) is 67.1 Å². The van der Waals surface area contributed by atoms with Gasteiger partial charge in [0.05, 0.1) is 0 Å². The van der Waals surface area contributed by atoms with E-state index in [4.69, 9.17) is 0 Å². The lowest BCUT2D eigenvalue weighted by Crippen LogP contribution is -2.42. The molecule has 0 spiro atoms. The van der Waals surface area contributed by atoms with E-state index in [-0.39, 0.29) is 0 Å². The van der Waals surface area contributed by atoms with Crippen molar-refractivity contribution < 1.29 is 0 Å². The van der Waals surface area contributed by atoms with Gasteiger partial charge in [-0.1, -0.05) is 27.2 Å². The first-order valence-corrected chi connectivity index (χ1v) is 10.3. The summed E-state index contributed by atoms with van der Waals surface area (Å²) >= 11 is 0. The van der Waals surface area contributed by atoms with E-state index >= 15 is 0 Å². The lowest BCUT2D eigenvalue weighted by molar-refractivity contribution is 0.346. The molecule has 0 radical (unpaired) electrons. The van der Waals surface area contributed by atoms with E-state index in [0.29, 0.717) is 11.5 Å². The van der Waals surface area contributed by atoms with Gasteiger partial charge in [-0.25, -0.2) is 0 Å². The predicted octanol–water partition coefficient (Wildman–Crippen LogP) is 3.32. The zero-order valence-corrected chi connectivity index (χ0v) is 17.4. The molecular formula is C20H38N6. The van der Waals surface area contributed by atoms with Crippen molar-refractivity contribution in [3.05, 3.63) is 11.6 Å². The molecule has 2 N–H and O–H groups in total. The van der Waals surface area contributed by atoms with E-state index in [1.54, 1.807) is 0 Å². The average molecular weight is 363 g/mol. The highest BCUT2D eigenvalue weighted by atomic mass is 15.3. The lowest BCUT2D eigenvalue weighted by atomic mass is 9.89. The van der Waals surface area contributed by atoms with Gasteiger partial charge in [0, 0.05) is 39.0 Å². The van der Waals surface area contributed by atoms with Crippen molar-refractivity contribution in [1.29, 1.82) is 0 Å². The summed E-state index contributed by atoms with van der Waals surface area (Å²) in [6, 6.07) is 0.424. The molecule has 6 heteroatoms. The number of fused-ring (bicyclic) bond motifs is 1. The van der Waals surface area contributed by atoms with Gasteiger partial charge < -0.3 is 15.2 Å². The maximum absolute atomic E-state index is 4.41. The van der Waals surface area contributed by atoms with Crippen LogP contribution in [0.5, 0.6) is 0 Å². The smallest absolute Gasteiger partial charge is 0.191 e. The van der Waals surface area contributed by atoms with Gasteiger partial charge in [-0.05, 0) is 44.4 Å². The molecule has 1 aromatic rings. The number of guanidine groups is 1. The van der Waals surface area contributed by atoms with Crippen LogP contribution in [0.15, 0.2) is 4.99 Å². The van der Waals surface area contributed by atoms with Gasteiger partial charge in [0.1, 0.15) is 11.6 Å². The number of aliphatic imine (C=N–C) groups is 1. The first-order valence-electron chi connectivity index (χ1n) is 10.3. The summed E-state index contributed by atoms with van der Waals surface area (Å²) in [6.07, 6.45) is 9.24. The van der Waals surface area contributed by atoms with E-state index in [0.717, 1.165) is 50.6 Å². The SMILES string of the molecule is CN=C(NCCCc1nnc2n1CCCCC2)NC(C)CCC(C)(C)C. The minimum Gasteiger partial charge on any atom is -0.356 e. The summed E-state index contributed by atoms with van der Waals surface area (Å²) in [5.41, 5.74) is 0.378. The molecule has 0 aromatic carbocycles. The van der Waals surface area contributed by atoms with Crippen LogP contribution in [0.3, 0.4) is 0 Å². The van der Waals surface area contributed by atoms with Crippen molar-refractivity contribution in [2.24, 2.45) is 10.4 Å². The quantitative estimate of drug-likeness (QED) is 0.444. The van der Waals surface area contributed by atoms with Crippen molar-refractivity contribution in [3.8, 4) is 0 Å². The van der Waals surface area contributed by atoms with Crippen molar-refractivity contribution in [1.82, 2.24) is 25.4 Å². The predicted molar refractivity (Wildman–Crippen MR) is 109 cm³/mol. The molecule has 0 amide bonds. The molecule has 0 saturated carbocycles. The van der Waals surface area contributed by atoms with Crippen LogP contribution in [0.2, 0.25) is 0 Å². The van der Waals surface area contributed by atoms with Crippen LogP contribution in [0, 0.1) is 5.41 Å². The molecule has 0 fully saturated rings. The van der Waals surface area contributed by atoms with Gasteiger partial charge in [-0.2, -0.15) is 0 Å². The molecule has 1 unspecified atom stereocenters. The second-order valence-corrected chi connectivity index (χ2v) is 8.74. The third-order valence-electron chi connectivity index (χ3n) is 4.99. The van der Waals surface area contributed by atoms with Crippen LogP contribution in [0.4, 0.5) is 0 Å². The van der Waals surface area contributed by atoms with E-state index in [2.05, 4.69) is 58.1 Å². The summed E-state index contributed by atoms with van der Waals surface area (Å²) in [4.78, 5) is 4.35. The Balaban J connectivity index is 1.70. The summed E-state index contributed by atoms with van der Waals surface area (Å²) in [5.74, 6) is 3.22. The van der Waals surface area contributed by atoms with E-state index in [1.165, 1.54) is 31.5 Å². The number of aromatic nitrogens is 3. The third kappa shape index (κ3) is 6.96. The number of nitrogens with one attached hydrogen (secondary N) is 2. The Kier molecular flexibility index (Phi) is 7.91. The van der Waals surface area contributed by atoms with E-state index in [1.807, 2.05) is 7.05 Å². The van der Waals surface area contributed by atoms with Crippen LogP contribution in [-0.4, -0.2) is 40.4 Å². The van der Waals surface area contributed by atoms with E-state index < -0.39 is 0 Å². The highest BCUT2D eigenvalue weighted by Crippen LogP contribution is 2.21. The zero-order valence-electron chi connectivity index (χ0n) is 17.4. The monoisotopic (exact) mass is 362 g/mol. The van der Waals surface area contributed by atoms with E-state index in [9.17, 15) is 0 Å². The van der Waals surface area contributed by atoms with Gasteiger partial charge in [-0.15, -0.1) is 10.2 Å². The summed E-state index contributed by atoms with van der Waals surface area (Å²) in [7, 11) is 1.84. The fourth-order valence-corrected chi connectivity index (χ4v) is 3.33. The first-order chi connectivity index (χ1) is 12.4. The molecule has 0 bridgehead atoms. The molecule has 2 rings (SSSR count). The maximum Gasteiger partial charge on any atom is 0.191 e. The number of hydrogen-bond acceptors (Lipinski definition) is 3. The normalized spacial score (nSPS) is 16.7. The van der Waals surface area contributed by atoms with Gasteiger partial charge in [0.2, 0.25) is 0 Å². The number of nitrogens with zero attached hydrogens (tertiary/aromatic N) is 4. The zero-order chi connectivity index (χ0) is 19.0. The molecular weight excluding hydrogens is 324 g/mol. The molecule has 1 aromatic heterocycles. The van der Waals surface area contributed by atoms with Crippen LogP contribution < -0.4 is 10.6 Å². The minimum absolute atomic E-state index is 0.378. The minimum atomic E-state index is 0.378. The maximum atomic E-state index is 4.41. The Hall–Kier alpha value is -1.59. The van der Waals surface area contributed by atoms with Crippen LogP contribution >= 0.6 is 0 Å². The molecule has 2 heterocycles. The Morgan fingerprint density at radius 3 is 2.77 bits per heavy atom. The van der Waals surface area contributed by atoms with Crippen molar-refractivity contribution >= 4 is 5.96 Å². The third-order valence-corrected chi connectivity index (χ3v) is 4.99. The lowest BCUT2D eigenvalue weighted by Gasteiger charge is -2.23. The van der Waals surface area contributed by atoms with Crippen molar-refractivity contribution in [2.45, 2.75) is 91.6 Å². The van der Waals surface area contributed by atoms with Crippen LogP contribution in [-0.2, 0) is 19.4 Å². The standard InChI is InChI=1S/C20H38N6/c1-16(12-13-20(2,3)4)23-19(21-5)22-14-9-11-18-25-24-17-10-7-6-8-15-26(17)18/h16H,6-15H2,1-5H3,(H2,21,22,23). The number of aryl methyl sites for hydroxylation is 2. The first kappa shape index (κ1) is 20.7. The molecule has 1 atom stereocenters. The molecule has 6 nitrogen and oxygen atoms in total. The summed E-state index contributed by atoms with van der Waals surface area (Å²) < 4.78 is 2.34. The molecule has 0 aliphatic carbocycles. The van der Waals surface area contributed by atoms with Crippen LogP contribution in [0.25, 0.3) is 0 Å². The molecule has 26 heavy (non-hydrogen) atoms. The van der Waals surface area contributed by atoms with Crippen molar-refractivity contribution in [3.63, 3.8) is 0 Å². The second-order valence-electron chi connectivity index (χ2n) is 8.74. The fourth-order valence-electron chi connectivity index (χ4n) is 3.33. The molecule has 1 aliphatic heterocycles. The van der Waals surface area contributed by atoms with Crippen LogP contribution in [0.1, 0.15) is 77.9 Å².